The molecule has 0 N–H and O–H groups in total. The van der Waals surface area contributed by atoms with Gasteiger partial charge in [0.05, 0.1) is 0 Å². The zero-order valence-corrected chi connectivity index (χ0v) is 17.8. The molecule has 168 valence electrons. The van der Waals surface area contributed by atoms with Crippen molar-refractivity contribution >= 4 is 10.8 Å². The number of halogens is 4. The third-order valence-electron chi connectivity index (χ3n) is 6.53. The van der Waals surface area contributed by atoms with E-state index in [9.17, 15) is 13.2 Å². The number of fused-ring (bicyclic) bond motifs is 1. The molecule has 0 heterocycles. The number of allylic oxidation sites excluding steroid dienone is 1. The van der Waals surface area contributed by atoms with Crippen LogP contribution < -0.4 is 4.74 Å². The molecule has 0 spiro atoms. The van der Waals surface area contributed by atoms with Crippen molar-refractivity contribution in [3.63, 3.8) is 0 Å². The maximum absolute atomic E-state index is 15.1. The topological polar surface area (TPSA) is 9.23 Å². The highest BCUT2D eigenvalue weighted by Gasteiger charge is 2.21. The Morgan fingerprint density at radius 1 is 0.938 bits per heavy atom. The molecule has 5 heteroatoms. The fourth-order valence-electron chi connectivity index (χ4n) is 4.66. The fourth-order valence-corrected chi connectivity index (χ4v) is 4.66. The number of benzene rings is 3. The Labute approximate surface area is 185 Å². The van der Waals surface area contributed by atoms with Crippen LogP contribution in [0.3, 0.4) is 0 Å². The van der Waals surface area contributed by atoms with Crippen molar-refractivity contribution < 1.29 is 22.3 Å². The molecule has 0 atom stereocenters. The summed E-state index contributed by atoms with van der Waals surface area (Å²) in [5.41, 5.74) is 2.40. The van der Waals surface area contributed by atoms with E-state index in [-0.39, 0.29) is 5.82 Å². The molecule has 0 radical (unpaired) electrons. The number of ether oxygens (including phenoxy) is 1. The van der Waals surface area contributed by atoms with Crippen molar-refractivity contribution in [3.8, 4) is 5.75 Å². The summed E-state index contributed by atoms with van der Waals surface area (Å²) in [6.07, 6.45) is 7.36. The maximum Gasteiger partial charge on any atom is 0.387 e. The molecule has 1 aliphatic rings. The third kappa shape index (κ3) is 4.98. The van der Waals surface area contributed by atoms with Crippen LogP contribution in [0.4, 0.5) is 17.6 Å². The molecular weight excluding hydrogens is 416 g/mol. The Morgan fingerprint density at radius 2 is 1.72 bits per heavy atom. The van der Waals surface area contributed by atoms with E-state index in [1.807, 2.05) is 24.3 Å². The lowest BCUT2D eigenvalue weighted by Gasteiger charge is -2.27. The van der Waals surface area contributed by atoms with Crippen LogP contribution in [0.5, 0.6) is 5.75 Å². The molecule has 0 unspecified atom stereocenters. The van der Waals surface area contributed by atoms with Crippen molar-refractivity contribution in [2.75, 3.05) is 0 Å². The SMILES string of the molecule is C=CC1CCC(c2ccc3c(F)c(CCc4ccc(OC(F)F)c(F)c4)ccc3c2)CC1. The van der Waals surface area contributed by atoms with Crippen LogP contribution in [-0.2, 0) is 12.8 Å². The number of hydrogen-bond acceptors (Lipinski definition) is 1. The summed E-state index contributed by atoms with van der Waals surface area (Å²) >= 11 is 0. The van der Waals surface area contributed by atoms with Gasteiger partial charge in [-0.3, -0.25) is 0 Å². The molecule has 1 fully saturated rings. The van der Waals surface area contributed by atoms with Gasteiger partial charge in [-0.15, -0.1) is 6.58 Å². The van der Waals surface area contributed by atoms with Crippen molar-refractivity contribution in [2.45, 2.75) is 51.1 Å². The predicted octanol–water partition coefficient (Wildman–Crippen LogP) is 7.96. The van der Waals surface area contributed by atoms with E-state index in [0.29, 0.717) is 41.2 Å². The first-order valence-corrected chi connectivity index (χ1v) is 11.0. The summed E-state index contributed by atoms with van der Waals surface area (Å²) in [6, 6.07) is 13.6. The molecule has 0 amide bonds. The molecule has 0 saturated heterocycles. The molecule has 1 saturated carbocycles. The lowest BCUT2D eigenvalue weighted by molar-refractivity contribution is -0.0522. The van der Waals surface area contributed by atoms with Gasteiger partial charge in [0.2, 0.25) is 0 Å². The normalized spacial score (nSPS) is 18.8. The van der Waals surface area contributed by atoms with E-state index in [1.54, 1.807) is 6.07 Å². The minimum Gasteiger partial charge on any atom is -0.432 e. The van der Waals surface area contributed by atoms with E-state index in [4.69, 9.17) is 0 Å². The van der Waals surface area contributed by atoms with E-state index < -0.39 is 18.2 Å². The Morgan fingerprint density at radius 3 is 2.41 bits per heavy atom. The molecule has 0 bridgehead atoms. The monoisotopic (exact) mass is 442 g/mol. The van der Waals surface area contributed by atoms with Crippen LogP contribution in [0.15, 0.2) is 61.2 Å². The van der Waals surface area contributed by atoms with Crippen LogP contribution >= 0.6 is 0 Å². The van der Waals surface area contributed by atoms with Crippen LogP contribution in [0.2, 0.25) is 0 Å². The van der Waals surface area contributed by atoms with Crippen molar-refractivity contribution in [2.24, 2.45) is 5.92 Å². The Balaban J connectivity index is 1.47. The van der Waals surface area contributed by atoms with Gasteiger partial charge in [-0.05, 0) is 84.6 Å². The number of hydrogen-bond donors (Lipinski definition) is 0. The molecule has 0 aliphatic heterocycles. The summed E-state index contributed by atoms with van der Waals surface area (Å²) in [4.78, 5) is 0. The summed E-state index contributed by atoms with van der Waals surface area (Å²) in [6.45, 7) is 0.822. The van der Waals surface area contributed by atoms with Gasteiger partial charge in [-0.1, -0.05) is 42.5 Å². The second-order valence-electron chi connectivity index (χ2n) is 8.51. The van der Waals surface area contributed by atoms with Gasteiger partial charge in [0.25, 0.3) is 0 Å². The summed E-state index contributed by atoms with van der Waals surface area (Å²) < 4.78 is 57.7. The lowest BCUT2D eigenvalue weighted by atomic mass is 9.78. The highest BCUT2D eigenvalue weighted by molar-refractivity contribution is 5.84. The number of aryl methyl sites for hydroxylation is 2. The summed E-state index contributed by atoms with van der Waals surface area (Å²) in [5, 5.41) is 1.46. The first-order chi connectivity index (χ1) is 15.4. The van der Waals surface area contributed by atoms with Gasteiger partial charge < -0.3 is 4.74 Å². The molecule has 32 heavy (non-hydrogen) atoms. The zero-order chi connectivity index (χ0) is 22.7. The quantitative estimate of drug-likeness (QED) is 0.266. The second kappa shape index (κ2) is 9.76. The van der Waals surface area contributed by atoms with Gasteiger partial charge in [0.1, 0.15) is 5.82 Å². The second-order valence-corrected chi connectivity index (χ2v) is 8.51. The van der Waals surface area contributed by atoms with E-state index in [2.05, 4.69) is 17.4 Å². The van der Waals surface area contributed by atoms with Gasteiger partial charge in [-0.2, -0.15) is 8.78 Å². The largest absolute Gasteiger partial charge is 0.432 e. The first-order valence-electron chi connectivity index (χ1n) is 11.0. The van der Waals surface area contributed by atoms with E-state index >= 15 is 4.39 Å². The fraction of sp³-hybridized carbons (Fsp3) is 0.333. The molecule has 3 aromatic carbocycles. The van der Waals surface area contributed by atoms with Crippen LogP contribution in [0.1, 0.15) is 48.3 Å². The van der Waals surface area contributed by atoms with Crippen LogP contribution in [0.25, 0.3) is 10.8 Å². The molecular formula is C27H26F4O. The van der Waals surface area contributed by atoms with E-state index in [1.165, 1.54) is 17.7 Å². The maximum atomic E-state index is 15.1. The number of rotatable bonds is 7. The third-order valence-corrected chi connectivity index (χ3v) is 6.53. The number of alkyl halides is 2. The summed E-state index contributed by atoms with van der Waals surface area (Å²) in [7, 11) is 0. The minimum absolute atomic E-state index is 0.262. The minimum atomic E-state index is -3.08. The van der Waals surface area contributed by atoms with Crippen LogP contribution in [0, 0.1) is 17.6 Å². The zero-order valence-electron chi connectivity index (χ0n) is 17.8. The average Bonchev–Trinajstić information content (AvgIpc) is 2.80. The van der Waals surface area contributed by atoms with Gasteiger partial charge in [0, 0.05) is 5.39 Å². The van der Waals surface area contributed by atoms with Crippen molar-refractivity contribution in [1.82, 2.24) is 0 Å². The van der Waals surface area contributed by atoms with Gasteiger partial charge in [-0.25, -0.2) is 8.78 Å². The molecule has 3 aromatic rings. The molecule has 1 nitrogen and oxygen atoms in total. The smallest absolute Gasteiger partial charge is 0.387 e. The predicted molar refractivity (Wildman–Crippen MR) is 119 cm³/mol. The summed E-state index contributed by atoms with van der Waals surface area (Å²) in [5.74, 6) is -0.494. The Hall–Kier alpha value is -2.82. The molecule has 0 aromatic heterocycles. The van der Waals surface area contributed by atoms with Crippen molar-refractivity contribution in [3.05, 3.63) is 89.5 Å². The Bertz CT molecular complexity index is 1100. The molecule has 4 rings (SSSR count). The van der Waals surface area contributed by atoms with Gasteiger partial charge in [0.15, 0.2) is 11.6 Å². The highest BCUT2D eigenvalue weighted by atomic mass is 19.3. The van der Waals surface area contributed by atoms with E-state index in [0.717, 1.165) is 37.1 Å². The highest BCUT2D eigenvalue weighted by Crippen LogP contribution is 2.37. The standard InChI is InChI=1S/C27H26F4O/c1-2-17-3-7-19(8-4-17)21-12-13-23-22(16-21)11-10-20(26(23)29)9-5-18-6-14-25(24(28)15-18)32-27(30)31/h2,6,10-17,19,27H,1,3-5,7-9H2. The average molecular weight is 442 g/mol. The Kier molecular flexibility index (Phi) is 6.83. The van der Waals surface area contributed by atoms with Gasteiger partial charge >= 0.3 is 6.61 Å². The first kappa shape index (κ1) is 22.4. The molecule has 1 aliphatic carbocycles. The lowest BCUT2D eigenvalue weighted by Crippen LogP contribution is -2.11. The van der Waals surface area contributed by atoms with Crippen molar-refractivity contribution in [1.29, 1.82) is 0 Å². The van der Waals surface area contributed by atoms with Crippen LogP contribution in [-0.4, -0.2) is 6.61 Å².